The number of carbonyl (C=O) groups is 1. The van der Waals surface area contributed by atoms with Gasteiger partial charge in [0.15, 0.2) is 0 Å². The van der Waals surface area contributed by atoms with Crippen molar-refractivity contribution in [3.8, 4) is 17.0 Å². The van der Waals surface area contributed by atoms with E-state index in [2.05, 4.69) is 20.3 Å². The van der Waals surface area contributed by atoms with Crippen LogP contribution in [0.15, 0.2) is 53.8 Å². The second-order valence-corrected chi connectivity index (χ2v) is 6.95. The number of rotatable bonds is 7. The van der Waals surface area contributed by atoms with Gasteiger partial charge in [-0.05, 0) is 43.2 Å². The van der Waals surface area contributed by atoms with Gasteiger partial charge in [0.2, 0.25) is 5.91 Å². The zero-order valence-corrected chi connectivity index (χ0v) is 16.0. The molecule has 1 aliphatic rings. The Morgan fingerprint density at radius 1 is 1.17 bits per heavy atom. The zero-order valence-electron chi connectivity index (χ0n) is 16.0. The number of nitrogens with one attached hydrogen (secondary N) is 1. The van der Waals surface area contributed by atoms with Gasteiger partial charge in [0.1, 0.15) is 18.6 Å². The highest BCUT2D eigenvalue weighted by Crippen LogP contribution is 2.38. The van der Waals surface area contributed by atoms with Gasteiger partial charge in [-0.15, -0.1) is 0 Å². The van der Waals surface area contributed by atoms with Gasteiger partial charge >= 0.3 is 0 Å². The molecule has 8 nitrogen and oxygen atoms in total. The first-order valence-electron chi connectivity index (χ1n) is 9.41. The number of hydrogen-bond acceptors (Lipinski definition) is 6. The highest BCUT2D eigenvalue weighted by Gasteiger charge is 2.25. The van der Waals surface area contributed by atoms with Gasteiger partial charge in [0.25, 0.3) is 5.56 Å². The van der Waals surface area contributed by atoms with Crippen LogP contribution in [0.2, 0.25) is 0 Å². The second-order valence-electron chi connectivity index (χ2n) is 6.95. The van der Waals surface area contributed by atoms with E-state index in [1.807, 2.05) is 18.2 Å². The van der Waals surface area contributed by atoms with E-state index in [4.69, 9.17) is 4.74 Å². The van der Waals surface area contributed by atoms with E-state index in [1.54, 1.807) is 19.2 Å². The van der Waals surface area contributed by atoms with E-state index in [0.29, 0.717) is 18.2 Å². The number of amides is 1. The molecule has 0 saturated heterocycles. The van der Waals surface area contributed by atoms with Gasteiger partial charge in [0.05, 0.1) is 31.4 Å². The summed E-state index contributed by atoms with van der Waals surface area (Å²) < 4.78 is 6.40. The van der Waals surface area contributed by atoms with Crippen molar-refractivity contribution in [1.29, 1.82) is 0 Å². The topological polar surface area (TPSA) is 99.0 Å². The Hall–Kier alpha value is -3.55. The Labute approximate surface area is 167 Å². The number of ether oxygens (including phenoxy) is 1. The van der Waals surface area contributed by atoms with Gasteiger partial charge in [0, 0.05) is 23.2 Å². The van der Waals surface area contributed by atoms with Crippen molar-refractivity contribution in [1.82, 2.24) is 24.8 Å². The maximum atomic E-state index is 12.4. The lowest BCUT2D eigenvalue weighted by Gasteiger charge is -2.08. The van der Waals surface area contributed by atoms with Crippen molar-refractivity contribution in [3.05, 3.63) is 70.8 Å². The van der Waals surface area contributed by atoms with Crippen LogP contribution < -0.4 is 15.6 Å². The summed E-state index contributed by atoms with van der Waals surface area (Å²) >= 11 is 0. The monoisotopic (exact) mass is 391 g/mol. The van der Waals surface area contributed by atoms with E-state index in [-0.39, 0.29) is 18.0 Å². The van der Waals surface area contributed by atoms with E-state index in [9.17, 15) is 9.59 Å². The zero-order chi connectivity index (χ0) is 20.2. The Bertz CT molecular complexity index is 1070. The molecule has 1 saturated carbocycles. The van der Waals surface area contributed by atoms with Crippen LogP contribution in [-0.4, -0.2) is 32.5 Å². The molecular weight excluding hydrogens is 370 g/mol. The van der Waals surface area contributed by atoms with Crippen molar-refractivity contribution in [2.45, 2.75) is 31.8 Å². The molecule has 0 unspecified atom stereocenters. The van der Waals surface area contributed by atoms with E-state index in [1.165, 1.54) is 23.3 Å². The Morgan fingerprint density at radius 3 is 2.66 bits per heavy atom. The minimum absolute atomic E-state index is 0.102. The lowest BCUT2D eigenvalue weighted by atomic mass is 10.1. The van der Waals surface area contributed by atoms with Gasteiger partial charge in [-0.3, -0.25) is 14.2 Å². The molecule has 0 aliphatic heterocycles. The third-order valence-corrected chi connectivity index (χ3v) is 4.79. The summed E-state index contributed by atoms with van der Waals surface area (Å²) in [5.41, 5.74) is 2.84. The molecule has 2 heterocycles. The minimum Gasteiger partial charge on any atom is -0.497 e. The molecule has 8 heteroatoms. The first kappa shape index (κ1) is 18.8. The van der Waals surface area contributed by atoms with E-state index >= 15 is 0 Å². The van der Waals surface area contributed by atoms with Crippen LogP contribution in [0, 0.1) is 0 Å². The van der Waals surface area contributed by atoms with Gasteiger partial charge in [-0.1, -0.05) is 0 Å². The summed E-state index contributed by atoms with van der Waals surface area (Å²) in [6.07, 6.45) is 5.23. The normalized spacial score (nSPS) is 13.1. The largest absolute Gasteiger partial charge is 0.497 e. The number of methoxy groups -OCH3 is 1. The molecule has 0 radical (unpaired) electrons. The SMILES string of the molecule is COc1ccc(-c2cc(=O)n(CC(=O)NCc3cc(C4CC4)ncn3)cn2)cc1. The number of hydrogen-bond donors (Lipinski definition) is 1. The fourth-order valence-corrected chi connectivity index (χ4v) is 2.98. The first-order valence-corrected chi connectivity index (χ1v) is 9.41. The average molecular weight is 391 g/mol. The lowest BCUT2D eigenvalue weighted by Crippen LogP contribution is -2.32. The van der Waals surface area contributed by atoms with Crippen LogP contribution in [0.1, 0.15) is 30.1 Å². The van der Waals surface area contributed by atoms with Gasteiger partial charge in [-0.2, -0.15) is 0 Å². The predicted octanol–water partition coefficient (Wildman–Crippen LogP) is 1.90. The molecule has 0 spiro atoms. The molecule has 1 amide bonds. The highest BCUT2D eigenvalue weighted by molar-refractivity contribution is 5.75. The molecule has 4 rings (SSSR count). The Morgan fingerprint density at radius 2 is 1.97 bits per heavy atom. The fourth-order valence-electron chi connectivity index (χ4n) is 2.98. The van der Waals surface area contributed by atoms with E-state index < -0.39 is 0 Å². The molecule has 148 valence electrons. The molecule has 1 aromatic carbocycles. The predicted molar refractivity (Wildman–Crippen MR) is 106 cm³/mol. The van der Waals surface area contributed by atoms with Crippen LogP contribution in [0.25, 0.3) is 11.3 Å². The van der Waals surface area contributed by atoms with Crippen molar-refractivity contribution >= 4 is 5.91 Å². The Kier molecular flexibility index (Phi) is 5.33. The van der Waals surface area contributed by atoms with Gasteiger partial charge in [-0.25, -0.2) is 15.0 Å². The smallest absolute Gasteiger partial charge is 0.254 e. The first-order chi connectivity index (χ1) is 14.1. The second kappa shape index (κ2) is 8.22. The number of aromatic nitrogens is 4. The van der Waals surface area contributed by atoms with Crippen molar-refractivity contribution < 1.29 is 9.53 Å². The molecule has 1 fully saturated rings. The van der Waals surface area contributed by atoms with Crippen molar-refractivity contribution in [3.63, 3.8) is 0 Å². The third-order valence-electron chi connectivity index (χ3n) is 4.79. The van der Waals surface area contributed by atoms with Crippen LogP contribution in [0.4, 0.5) is 0 Å². The van der Waals surface area contributed by atoms with Gasteiger partial charge < -0.3 is 10.1 Å². The molecule has 2 aromatic heterocycles. The summed E-state index contributed by atoms with van der Waals surface area (Å²) in [6.45, 7) is 0.197. The lowest BCUT2D eigenvalue weighted by molar-refractivity contribution is -0.121. The summed E-state index contributed by atoms with van der Waals surface area (Å²) in [5.74, 6) is 0.978. The van der Waals surface area contributed by atoms with Crippen LogP contribution >= 0.6 is 0 Å². The molecular formula is C21H21N5O3. The molecule has 0 bridgehead atoms. The fraction of sp³-hybridized carbons (Fsp3) is 0.286. The van der Waals surface area contributed by atoms with Crippen LogP contribution in [-0.2, 0) is 17.9 Å². The van der Waals surface area contributed by atoms with Crippen LogP contribution in [0.3, 0.4) is 0 Å². The van der Waals surface area contributed by atoms with Crippen LogP contribution in [0.5, 0.6) is 5.75 Å². The number of nitrogens with zero attached hydrogens (tertiary/aromatic N) is 4. The Balaban J connectivity index is 1.37. The average Bonchev–Trinajstić information content (AvgIpc) is 3.59. The third kappa shape index (κ3) is 4.66. The summed E-state index contributed by atoms with van der Waals surface area (Å²) in [4.78, 5) is 37.4. The maximum absolute atomic E-state index is 12.4. The maximum Gasteiger partial charge on any atom is 0.254 e. The summed E-state index contributed by atoms with van der Waals surface area (Å²) in [7, 11) is 1.59. The quantitative estimate of drug-likeness (QED) is 0.660. The minimum atomic E-state index is -0.293. The molecule has 3 aromatic rings. The highest BCUT2D eigenvalue weighted by atomic mass is 16.5. The molecule has 1 aliphatic carbocycles. The molecule has 29 heavy (non-hydrogen) atoms. The summed E-state index contributed by atoms with van der Waals surface area (Å²) in [5, 5.41) is 2.79. The summed E-state index contributed by atoms with van der Waals surface area (Å²) in [6, 6.07) is 10.6. The molecule has 1 N–H and O–H groups in total. The van der Waals surface area contributed by atoms with E-state index in [0.717, 1.165) is 35.5 Å². The standard InChI is InChI=1S/C21H21N5O3/c1-29-17-6-4-15(5-7-17)19-9-21(28)26(13-25-19)11-20(27)22-10-16-8-18(14-2-3-14)24-12-23-16/h4-9,12-14H,2-3,10-11H2,1H3,(H,22,27). The number of benzene rings is 1. The number of carbonyl (C=O) groups excluding carboxylic acids is 1. The van der Waals surface area contributed by atoms with Crippen molar-refractivity contribution in [2.75, 3.05) is 7.11 Å². The van der Waals surface area contributed by atoms with Crippen molar-refractivity contribution in [2.24, 2.45) is 0 Å². The molecule has 0 atom stereocenters.